The van der Waals surface area contributed by atoms with Crippen LogP contribution < -0.4 is 5.73 Å². The van der Waals surface area contributed by atoms with E-state index in [0.717, 1.165) is 25.9 Å². The maximum atomic E-state index is 12.3. The van der Waals surface area contributed by atoms with Gasteiger partial charge in [0.1, 0.15) is 0 Å². The number of urea groups is 1. The van der Waals surface area contributed by atoms with Gasteiger partial charge in [0, 0.05) is 32.1 Å². The zero-order valence-electron chi connectivity index (χ0n) is 10.9. The Morgan fingerprint density at radius 1 is 1.35 bits per heavy atom. The first-order valence-electron chi connectivity index (χ1n) is 6.41. The third-order valence-corrected chi connectivity index (χ3v) is 3.12. The molecular weight excluding hydrogens is 216 g/mol. The molecule has 0 unspecified atom stereocenters. The van der Waals surface area contributed by atoms with Gasteiger partial charge in [-0.15, -0.1) is 0 Å². The molecule has 17 heavy (non-hydrogen) atoms. The Kier molecular flexibility index (Phi) is 5.25. The molecule has 2 amide bonds. The fraction of sp³-hybridized carbons (Fsp3) is 0.833. The summed E-state index contributed by atoms with van der Waals surface area (Å²) in [5.74, 6) is 0.141. The number of amidine groups is 1. The summed E-state index contributed by atoms with van der Waals surface area (Å²) >= 11 is 0. The van der Waals surface area contributed by atoms with E-state index in [2.05, 4.69) is 0 Å². The predicted molar refractivity (Wildman–Crippen MR) is 69.2 cm³/mol. The van der Waals surface area contributed by atoms with Gasteiger partial charge >= 0.3 is 6.03 Å². The average molecular weight is 240 g/mol. The van der Waals surface area contributed by atoms with Crippen LogP contribution in [-0.4, -0.2) is 47.3 Å². The molecule has 1 aliphatic heterocycles. The van der Waals surface area contributed by atoms with Crippen molar-refractivity contribution in [2.45, 2.75) is 45.6 Å². The predicted octanol–water partition coefficient (Wildman–Crippen LogP) is 1.63. The van der Waals surface area contributed by atoms with Crippen LogP contribution in [0.5, 0.6) is 0 Å². The topological polar surface area (TPSA) is 73.4 Å². The summed E-state index contributed by atoms with van der Waals surface area (Å²) in [7, 11) is 0. The van der Waals surface area contributed by atoms with Gasteiger partial charge in [-0.2, -0.15) is 0 Å². The highest BCUT2D eigenvalue weighted by Crippen LogP contribution is 2.13. The van der Waals surface area contributed by atoms with Crippen LogP contribution in [-0.2, 0) is 0 Å². The number of amides is 2. The standard InChI is InChI=1S/C12H24N4O/c1-10(2)16(9-6-11(13)14)12(17)15-7-4-3-5-8-15/h10H,3-9H2,1-2H3,(H3,13,14). The van der Waals surface area contributed by atoms with Crippen LogP contribution in [0.1, 0.15) is 39.5 Å². The van der Waals surface area contributed by atoms with Crippen LogP contribution in [0, 0.1) is 5.41 Å². The maximum absolute atomic E-state index is 12.3. The quantitative estimate of drug-likeness (QED) is 0.579. The van der Waals surface area contributed by atoms with Crippen LogP contribution in [0.25, 0.3) is 0 Å². The van der Waals surface area contributed by atoms with E-state index in [0.29, 0.717) is 13.0 Å². The highest BCUT2D eigenvalue weighted by atomic mass is 16.2. The van der Waals surface area contributed by atoms with Crippen molar-refractivity contribution >= 4 is 11.9 Å². The number of nitrogens with zero attached hydrogens (tertiary/aromatic N) is 2. The second-order valence-corrected chi connectivity index (χ2v) is 4.89. The lowest BCUT2D eigenvalue weighted by Gasteiger charge is -2.35. The van der Waals surface area contributed by atoms with Crippen molar-refractivity contribution in [1.29, 1.82) is 5.41 Å². The summed E-state index contributed by atoms with van der Waals surface area (Å²) < 4.78 is 0. The van der Waals surface area contributed by atoms with Crippen LogP contribution >= 0.6 is 0 Å². The molecular formula is C12H24N4O. The molecule has 5 heteroatoms. The van der Waals surface area contributed by atoms with E-state index in [1.54, 1.807) is 0 Å². The monoisotopic (exact) mass is 240 g/mol. The number of nitrogens with two attached hydrogens (primary N) is 1. The molecule has 0 aromatic heterocycles. The van der Waals surface area contributed by atoms with E-state index in [1.807, 2.05) is 23.6 Å². The molecule has 0 saturated carbocycles. The van der Waals surface area contributed by atoms with E-state index in [9.17, 15) is 4.79 Å². The number of rotatable bonds is 4. The molecule has 1 aliphatic rings. The van der Waals surface area contributed by atoms with Gasteiger partial charge in [-0.05, 0) is 33.1 Å². The van der Waals surface area contributed by atoms with Gasteiger partial charge in [0.15, 0.2) is 0 Å². The Morgan fingerprint density at radius 2 is 1.94 bits per heavy atom. The first kappa shape index (κ1) is 13.8. The molecule has 3 N–H and O–H groups in total. The molecule has 1 heterocycles. The first-order chi connectivity index (χ1) is 8.02. The Bertz CT molecular complexity index is 272. The van der Waals surface area contributed by atoms with Crippen LogP contribution in [0.4, 0.5) is 4.79 Å². The van der Waals surface area contributed by atoms with Crippen LogP contribution in [0.15, 0.2) is 0 Å². The van der Waals surface area contributed by atoms with Crippen molar-refractivity contribution < 1.29 is 4.79 Å². The number of hydrogen-bond acceptors (Lipinski definition) is 2. The van der Waals surface area contributed by atoms with Gasteiger partial charge in [0.05, 0.1) is 5.84 Å². The van der Waals surface area contributed by atoms with Crippen molar-refractivity contribution in [1.82, 2.24) is 9.80 Å². The molecule has 0 radical (unpaired) electrons. The number of hydrogen-bond donors (Lipinski definition) is 2. The van der Waals surface area contributed by atoms with E-state index in [1.165, 1.54) is 6.42 Å². The minimum atomic E-state index is 0.0981. The summed E-state index contributed by atoms with van der Waals surface area (Å²) in [4.78, 5) is 16.0. The van der Waals surface area contributed by atoms with Gasteiger partial charge < -0.3 is 15.5 Å². The van der Waals surface area contributed by atoms with Gasteiger partial charge in [-0.25, -0.2) is 4.79 Å². The van der Waals surface area contributed by atoms with Crippen molar-refractivity contribution in [2.24, 2.45) is 5.73 Å². The second-order valence-electron chi connectivity index (χ2n) is 4.89. The van der Waals surface area contributed by atoms with E-state index in [4.69, 9.17) is 11.1 Å². The van der Waals surface area contributed by atoms with Gasteiger partial charge in [-0.1, -0.05) is 0 Å². The minimum Gasteiger partial charge on any atom is -0.388 e. The Balaban J connectivity index is 2.55. The summed E-state index contributed by atoms with van der Waals surface area (Å²) in [5.41, 5.74) is 5.35. The van der Waals surface area contributed by atoms with Gasteiger partial charge in [0.25, 0.3) is 0 Å². The molecule has 0 atom stereocenters. The number of likely N-dealkylation sites (tertiary alicyclic amines) is 1. The van der Waals surface area contributed by atoms with E-state index in [-0.39, 0.29) is 17.9 Å². The van der Waals surface area contributed by atoms with Crippen molar-refractivity contribution in [3.63, 3.8) is 0 Å². The first-order valence-corrected chi connectivity index (χ1v) is 6.41. The minimum absolute atomic E-state index is 0.0981. The summed E-state index contributed by atoms with van der Waals surface area (Å²) in [5, 5.41) is 7.24. The highest BCUT2D eigenvalue weighted by Gasteiger charge is 2.24. The van der Waals surface area contributed by atoms with Gasteiger partial charge in [0.2, 0.25) is 0 Å². The number of carbonyl (C=O) groups is 1. The number of nitrogens with one attached hydrogen (secondary N) is 1. The smallest absolute Gasteiger partial charge is 0.320 e. The maximum Gasteiger partial charge on any atom is 0.320 e. The summed E-state index contributed by atoms with van der Waals surface area (Å²) in [6, 6.07) is 0.254. The number of carbonyl (C=O) groups excluding carboxylic acids is 1. The van der Waals surface area contributed by atoms with E-state index < -0.39 is 0 Å². The lowest BCUT2D eigenvalue weighted by molar-refractivity contribution is 0.133. The Labute approximate surface area is 103 Å². The van der Waals surface area contributed by atoms with Crippen molar-refractivity contribution in [3.8, 4) is 0 Å². The van der Waals surface area contributed by atoms with Crippen LogP contribution in [0.2, 0.25) is 0 Å². The lowest BCUT2D eigenvalue weighted by Crippen LogP contribution is -2.49. The van der Waals surface area contributed by atoms with Crippen LogP contribution in [0.3, 0.4) is 0 Å². The van der Waals surface area contributed by atoms with Crippen molar-refractivity contribution in [3.05, 3.63) is 0 Å². The number of piperidine rings is 1. The molecule has 1 rings (SSSR count). The summed E-state index contributed by atoms with van der Waals surface area (Å²) in [6.07, 6.45) is 3.88. The second kappa shape index (κ2) is 6.47. The Morgan fingerprint density at radius 3 is 2.41 bits per heavy atom. The largest absolute Gasteiger partial charge is 0.388 e. The van der Waals surface area contributed by atoms with Gasteiger partial charge in [-0.3, -0.25) is 5.41 Å². The molecule has 0 aliphatic carbocycles. The lowest BCUT2D eigenvalue weighted by atomic mass is 10.1. The third kappa shape index (κ3) is 4.24. The Hall–Kier alpha value is -1.26. The van der Waals surface area contributed by atoms with E-state index >= 15 is 0 Å². The molecule has 1 saturated heterocycles. The molecule has 5 nitrogen and oxygen atoms in total. The SMILES string of the molecule is CC(C)N(CCC(=N)N)C(=O)N1CCCCC1. The fourth-order valence-corrected chi connectivity index (χ4v) is 2.08. The molecule has 98 valence electrons. The normalized spacial score (nSPS) is 16.1. The zero-order valence-corrected chi connectivity index (χ0v) is 10.9. The van der Waals surface area contributed by atoms with Crippen molar-refractivity contribution in [2.75, 3.05) is 19.6 Å². The molecule has 1 fully saturated rings. The zero-order chi connectivity index (χ0) is 12.8. The molecule has 0 aromatic rings. The third-order valence-electron chi connectivity index (χ3n) is 3.12. The summed E-state index contributed by atoms with van der Waals surface area (Å²) in [6.45, 7) is 6.27. The average Bonchev–Trinajstić information content (AvgIpc) is 2.29. The molecule has 0 spiro atoms. The molecule has 0 aromatic carbocycles. The fourth-order valence-electron chi connectivity index (χ4n) is 2.08. The highest BCUT2D eigenvalue weighted by molar-refractivity contribution is 5.79. The molecule has 0 bridgehead atoms.